The first kappa shape index (κ1) is 17.3. The second kappa shape index (κ2) is 8.06. The number of ether oxygens (including phenoxy) is 1. The molecule has 1 fully saturated rings. The Morgan fingerprint density at radius 1 is 1.36 bits per heavy atom. The van der Waals surface area contributed by atoms with Gasteiger partial charge in [0.25, 0.3) is 5.91 Å². The number of amides is 1. The number of rotatable bonds is 6. The van der Waals surface area contributed by atoms with Crippen LogP contribution in [0.2, 0.25) is 0 Å². The zero-order valence-electron chi connectivity index (χ0n) is 14.6. The molecule has 1 saturated heterocycles. The van der Waals surface area contributed by atoms with Gasteiger partial charge in [0.2, 0.25) is 0 Å². The van der Waals surface area contributed by atoms with Crippen LogP contribution in [-0.4, -0.2) is 45.1 Å². The maximum absolute atomic E-state index is 11.8. The van der Waals surface area contributed by atoms with E-state index in [1.807, 2.05) is 24.0 Å². The molecule has 25 heavy (non-hydrogen) atoms. The number of carbonyl (C=O) groups excluding carboxylic acids is 1. The lowest BCUT2D eigenvalue weighted by molar-refractivity contribution is 0.00549. The van der Waals surface area contributed by atoms with Crippen molar-refractivity contribution in [2.24, 2.45) is 0 Å². The highest BCUT2D eigenvalue weighted by Crippen LogP contribution is 2.30. The molecule has 1 aliphatic rings. The third-order valence-electron chi connectivity index (χ3n) is 4.20. The predicted octanol–water partition coefficient (Wildman–Crippen LogP) is 1.77. The summed E-state index contributed by atoms with van der Waals surface area (Å²) in [7, 11) is 0. The fourth-order valence-electron chi connectivity index (χ4n) is 2.93. The van der Waals surface area contributed by atoms with Gasteiger partial charge in [-0.2, -0.15) is 5.10 Å². The SMILES string of the molecule is CCNC(=O)c1ccc(N[C@H]2CCCO[C@@H]2c2cnn(CC)c2)nn1. The number of hydrogen-bond donors (Lipinski definition) is 2. The van der Waals surface area contributed by atoms with Crippen LogP contribution in [0, 0.1) is 0 Å². The zero-order valence-corrected chi connectivity index (χ0v) is 14.6. The van der Waals surface area contributed by atoms with Crippen LogP contribution in [0.5, 0.6) is 0 Å². The molecular weight excluding hydrogens is 320 g/mol. The zero-order chi connectivity index (χ0) is 17.6. The van der Waals surface area contributed by atoms with E-state index in [4.69, 9.17) is 4.74 Å². The minimum atomic E-state index is -0.215. The van der Waals surface area contributed by atoms with E-state index in [-0.39, 0.29) is 18.1 Å². The maximum atomic E-state index is 11.8. The molecule has 3 heterocycles. The van der Waals surface area contributed by atoms with Crippen molar-refractivity contribution < 1.29 is 9.53 Å². The minimum Gasteiger partial charge on any atom is -0.371 e. The Bertz CT molecular complexity index is 699. The summed E-state index contributed by atoms with van der Waals surface area (Å²) in [5, 5.41) is 18.6. The van der Waals surface area contributed by atoms with E-state index in [1.165, 1.54) is 0 Å². The molecule has 2 N–H and O–H groups in total. The number of aryl methyl sites for hydroxylation is 1. The van der Waals surface area contributed by atoms with E-state index in [2.05, 4.69) is 32.9 Å². The molecular formula is C17H24N6O2. The Labute approximate surface area is 147 Å². The Balaban J connectivity index is 1.70. The number of nitrogens with zero attached hydrogens (tertiary/aromatic N) is 4. The van der Waals surface area contributed by atoms with E-state index in [9.17, 15) is 4.79 Å². The fourth-order valence-corrected chi connectivity index (χ4v) is 2.93. The molecule has 0 aromatic carbocycles. The molecule has 0 spiro atoms. The van der Waals surface area contributed by atoms with Gasteiger partial charge >= 0.3 is 0 Å². The molecule has 2 aromatic rings. The summed E-state index contributed by atoms with van der Waals surface area (Å²) in [4.78, 5) is 11.8. The summed E-state index contributed by atoms with van der Waals surface area (Å²) < 4.78 is 7.87. The van der Waals surface area contributed by atoms with Crippen LogP contribution in [0.3, 0.4) is 0 Å². The Morgan fingerprint density at radius 2 is 2.24 bits per heavy atom. The smallest absolute Gasteiger partial charge is 0.271 e. The molecule has 0 bridgehead atoms. The Kier molecular flexibility index (Phi) is 5.60. The summed E-state index contributed by atoms with van der Waals surface area (Å²) in [5.41, 5.74) is 1.37. The lowest BCUT2D eigenvalue weighted by atomic mass is 9.98. The summed E-state index contributed by atoms with van der Waals surface area (Å²) >= 11 is 0. The van der Waals surface area contributed by atoms with E-state index in [0.29, 0.717) is 18.1 Å². The molecule has 134 valence electrons. The third-order valence-corrected chi connectivity index (χ3v) is 4.20. The van der Waals surface area contributed by atoms with Gasteiger partial charge in [-0.25, -0.2) is 0 Å². The quantitative estimate of drug-likeness (QED) is 0.829. The van der Waals surface area contributed by atoms with Gasteiger partial charge < -0.3 is 15.4 Å². The van der Waals surface area contributed by atoms with Crippen LogP contribution >= 0.6 is 0 Å². The second-order valence-corrected chi connectivity index (χ2v) is 5.98. The van der Waals surface area contributed by atoms with E-state index in [0.717, 1.165) is 31.6 Å². The molecule has 2 aromatic heterocycles. The number of nitrogens with one attached hydrogen (secondary N) is 2. The van der Waals surface area contributed by atoms with Crippen LogP contribution < -0.4 is 10.6 Å². The van der Waals surface area contributed by atoms with Gasteiger partial charge in [-0.15, -0.1) is 10.2 Å². The summed E-state index contributed by atoms with van der Waals surface area (Å²) in [6.07, 6.45) is 5.77. The highest BCUT2D eigenvalue weighted by molar-refractivity contribution is 5.92. The van der Waals surface area contributed by atoms with Crippen molar-refractivity contribution in [1.82, 2.24) is 25.3 Å². The molecule has 0 aliphatic carbocycles. The monoisotopic (exact) mass is 344 g/mol. The lowest BCUT2D eigenvalue weighted by Gasteiger charge is -2.32. The average Bonchev–Trinajstić information content (AvgIpc) is 3.12. The topological polar surface area (TPSA) is 94.0 Å². The lowest BCUT2D eigenvalue weighted by Crippen LogP contribution is -2.34. The van der Waals surface area contributed by atoms with Crippen molar-refractivity contribution in [2.75, 3.05) is 18.5 Å². The first-order valence-corrected chi connectivity index (χ1v) is 8.73. The number of hydrogen-bond acceptors (Lipinski definition) is 6. The molecule has 0 unspecified atom stereocenters. The van der Waals surface area contributed by atoms with Crippen LogP contribution in [0.4, 0.5) is 5.82 Å². The summed E-state index contributed by atoms with van der Waals surface area (Å²) in [6.45, 7) is 6.05. The summed E-state index contributed by atoms with van der Waals surface area (Å²) in [5.74, 6) is 0.420. The summed E-state index contributed by atoms with van der Waals surface area (Å²) in [6, 6.07) is 3.54. The van der Waals surface area contributed by atoms with Crippen LogP contribution in [-0.2, 0) is 11.3 Å². The van der Waals surface area contributed by atoms with Crippen molar-refractivity contribution in [2.45, 2.75) is 45.4 Å². The predicted molar refractivity (Wildman–Crippen MR) is 93.3 cm³/mol. The first-order chi connectivity index (χ1) is 12.2. The van der Waals surface area contributed by atoms with Crippen LogP contribution in [0.25, 0.3) is 0 Å². The molecule has 1 amide bonds. The van der Waals surface area contributed by atoms with Crippen molar-refractivity contribution in [3.8, 4) is 0 Å². The van der Waals surface area contributed by atoms with Gasteiger partial charge in [-0.1, -0.05) is 0 Å². The van der Waals surface area contributed by atoms with Gasteiger partial charge in [-0.05, 0) is 38.8 Å². The largest absolute Gasteiger partial charge is 0.371 e. The van der Waals surface area contributed by atoms with Gasteiger partial charge in [0.1, 0.15) is 11.9 Å². The highest BCUT2D eigenvalue weighted by atomic mass is 16.5. The number of aromatic nitrogens is 4. The number of carbonyl (C=O) groups is 1. The number of anilines is 1. The Hall–Kier alpha value is -2.48. The second-order valence-electron chi connectivity index (χ2n) is 5.98. The Morgan fingerprint density at radius 3 is 2.92 bits per heavy atom. The standard InChI is InChI=1S/C17H24N6O2/c1-3-18-17(24)14-7-8-15(22-21-14)20-13-6-5-9-25-16(13)12-10-19-23(4-2)11-12/h7-8,10-11,13,16H,3-6,9H2,1-2H3,(H,18,24)(H,20,22)/t13-,16+/m0/s1. The molecule has 1 aliphatic heterocycles. The minimum absolute atomic E-state index is 0.0704. The van der Waals surface area contributed by atoms with E-state index >= 15 is 0 Å². The van der Waals surface area contributed by atoms with Gasteiger partial charge in [0.05, 0.1) is 12.2 Å². The van der Waals surface area contributed by atoms with Crippen LogP contribution in [0.15, 0.2) is 24.5 Å². The van der Waals surface area contributed by atoms with E-state index < -0.39 is 0 Å². The molecule has 0 saturated carbocycles. The third kappa shape index (κ3) is 4.14. The first-order valence-electron chi connectivity index (χ1n) is 8.73. The van der Waals surface area contributed by atoms with Crippen molar-refractivity contribution in [3.63, 3.8) is 0 Å². The van der Waals surface area contributed by atoms with Crippen LogP contribution in [0.1, 0.15) is 48.8 Å². The van der Waals surface area contributed by atoms with Gasteiger partial charge in [-0.3, -0.25) is 9.48 Å². The van der Waals surface area contributed by atoms with Gasteiger partial charge in [0.15, 0.2) is 5.69 Å². The van der Waals surface area contributed by atoms with Crippen molar-refractivity contribution >= 4 is 11.7 Å². The molecule has 8 heteroatoms. The molecule has 8 nitrogen and oxygen atoms in total. The highest BCUT2D eigenvalue weighted by Gasteiger charge is 2.29. The molecule has 2 atom stereocenters. The normalized spacial score (nSPS) is 20.2. The molecule has 3 rings (SSSR count). The maximum Gasteiger partial charge on any atom is 0.271 e. The van der Waals surface area contributed by atoms with Crippen molar-refractivity contribution in [1.29, 1.82) is 0 Å². The fraction of sp³-hybridized carbons (Fsp3) is 0.529. The van der Waals surface area contributed by atoms with Gasteiger partial charge in [0, 0.05) is 31.5 Å². The average molecular weight is 344 g/mol. The molecule has 0 radical (unpaired) electrons. The van der Waals surface area contributed by atoms with Crippen molar-refractivity contribution in [3.05, 3.63) is 35.8 Å². The van der Waals surface area contributed by atoms with E-state index in [1.54, 1.807) is 12.1 Å².